The van der Waals surface area contributed by atoms with Gasteiger partial charge in [-0.3, -0.25) is 9.69 Å². The number of alkyl halides is 2. The highest BCUT2D eigenvalue weighted by atomic mass is 35.5. The summed E-state index contributed by atoms with van der Waals surface area (Å²) >= 11 is 11.0. The van der Waals surface area contributed by atoms with Gasteiger partial charge in [0.05, 0.1) is 0 Å². The summed E-state index contributed by atoms with van der Waals surface area (Å²) < 4.78 is 0. The maximum absolute atomic E-state index is 12.7. The Labute approximate surface area is 156 Å². The minimum Gasteiger partial charge on any atom is -0.352 e. The minimum absolute atomic E-state index is 0.227. The summed E-state index contributed by atoms with van der Waals surface area (Å²) in [5.41, 5.74) is 2.52. The molecule has 3 amide bonds. The van der Waals surface area contributed by atoms with Gasteiger partial charge in [0.1, 0.15) is 0 Å². The lowest BCUT2D eigenvalue weighted by Gasteiger charge is -2.23. The largest absolute Gasteiger partial charge is 0.352 e. The fourth-order valence-corrected chi connectivity index (χ4v) is 2.31. The van der Waals surface area contributed by atoms with Crippen LogP contribution in [0, 0.1) is 6.92 Å². The number of halogens is 2. The van der Waals surface area contributed by atoms with E-state index >= 15 is 0 Å². The zero-order valence-corrected chi connectivity index (χ0v) is 15.2. The number of amides is 3. The van der Waals surface area contributed by atoms with E-state index in [1.54, 1.807) is 0 Å². The topological polar surface area (TPSA) is 61.4 Å². The van der Waals surface area contributed by atoms with Crippen molar-refractivity contribution in [3.05, 3.63) is 60.2 Å². The number of anilines is 2. The molecule has 0 aliphatic rings. The van der Waals surface area contributed by atoms with Crippen LogP contribution in [0.1, 0.15) is 5.56 Å². The number of nitrogens with zero attached hydrogens (tertiary/aromatic N) is 1. The molecule has 0 aliphatic carbocycles. The van der Waals surface area contributed by atoms with Crippen molar-refractivity contribution < 1.29 is 9.59 Å². The van der Waals surface area contributed by atoms with Crippen molar-refractivity contribution in [3.8, 4) is 0 Å². The number of urea groups is 1. The van der Waals surface area contributed by atoms with E-state index in [1.807, 2.05) is 61.5 Å². The molecule has 0 saturated carbocycles. The number of hydrogen-bond acceptors (Lipinski definition) is 2. The summed E-state index contributed by atoms with van der Waals surface area (Å²) in [4.78, 5) is 24.5. The summed E-state index contributed by atoms with van der Waals surface area (Å²) in [6.07, 6.45) is 0. The number of benzene rings is 2. The Hall–Kier alpha value is -2.24. The number of aryl methyl sites for hydroxylation is 1. The lowest BCUT2D eigenvalue weighted by molar-refractivity contribution is -0.119. The fourth-order valence-electron chi connectivity index (χ4n) is 2.15. The lowest BCUT2D eigenvalue weighted by atomic mass is 10.2. The van der Waals surface area contributed by atoms with E-state index < -0.39 is 10.7 Å². The maximum Gasteiger partial charge on any atom is 0.326 e. The number of hydrogen-bond donors (Lipinski definition) is 2. The van der Waals surface area contributed by atoms with Crippen LogP contribution in [0.5, 0.6) is 0 Å². The average molecular weight is 380 g/mol. The Balaban J connectivity index is 2.07. The van der Waals surface area contributed by atoms with Gasteiger partial charge in [0, 0.05) is 24.5 Å². The molecule has 0 radical (unpaired) electrons. The second-order valence-electron chi connectivity index (χ2n) is 5.38. The summed E-state index contributed by atoms with van der Waals surface area (Å²) in [6.45, 7) is 2.48. The quantitative estimate of drug-likeness (QED) is 0.746. The Morgan fingerprint density at radius 3 is 2.28 bits per heavy atom. The number of para-hydroxylation sites is 1. The minimum atomic E-state index is -1.13. The van der Waals surface area contributed by atoms with Crippen LogP contribution in [-0.4, -0.2) is 29.9 Å². The molecule has 0 bridgehead atoms. The van der Waals surface area contributed by atoms with Gasteiger partial charge in [0.25, 0.3) is 5.91 Å². The van der Waals surface area contributed by atoms with E-state index in [4.69, 9.17) is 23.2 Å². The van der Waals surface area contributed by atoms with Crippen molar-refractivity contribution in [2.75, 3.05) is 23.3 Å². The predicted molar refractivity (Wildman–Crippen MR) is 102 cm³/mol. The smallest absolute Gasteiger partial charge is 0.326 e. The van der Waals surface area contributed by atoms with E-state index in [-0.39, 0.29) is 19.1 Å². The van der Waals surface area contributed by atoms with Crippen molar-refractivity contribution in [3.63, 3.8) is 0 Å². The van der Waals surface area contributed by atoms with Crippen LogP contribution in [0.15, 0.2) is 54.6 Å². The van der Waals surface area contributed by atoms with Crippen LogP contribution in [0.2, 0.25) is 0 Å². The molecular weight excluding hydrogens is 361 g/mol. The molecule has 0 atom stereocenters. The van der Waals surface area contributed by atoms with E-state index in [2.05, 4.69) is 10.6 Å². The molecule has 0 heterocycles. The molecular formula is C18H19Cl2N3O2. The zero-order valence-electron chi connectivity index (χ0n) is 13.7. The van der Waals surface area contributed by atoms with Crippen molar-refractivity contribution in [2.24, 2.45) is 0 Å². The molecule has 5 nitrogen and oxygen atoms in total. The molecule has 0 spiro atoms. The molecule has 0 aromatic heterocycles. The predicted octanol–water partition coefficient (Wildman–Crippen LogP) is 3.95. The monoisotopic (exact) mass is 379 g/mol. The van der Waals surface area contributed by atoms with Gasteiger partial charge in [-0.25, -0.2) is 4.79 Å². The van der Waals surface area contributed by atoms with Gasteiger partial charge in [-0.15, -0.1) is 0 Å². The van der Waals surface area contributed by atoms with E-state index in [0.717, 1.165) is 11.3 Å². The molecule has 25 heavy (non-hydrogen) atoms. The Morgan fingerprint density at radius 1 is 1.04 bits per heavy atom. The molecule has 2 aromatic carbocycles. The third-order valence-corrected chi connectivity index (χ3v) is 3.85. The first-order valence-electron chi connectivity index (χ1n) is 7.73. The lowest BCUT2D eigenvalue weighted by Crippen LogP contribution is -2.42. The maximum atomic E-state index is 12.7. The Morgan fingerprint density at radius 2 is 1.68 bits per heavy atom. The summed E-state index contributed by atoms with van der Waals surface area (Å²) in [5.74, 6) is -0.490. The van der Waals surface area contributed by atoms with Crippen LogP contribution in [-0.2, 0) is 4.79 Å². The Kier molecular flexibility index (Phi) is 7.10. The SMILES string of the molecule is Cc1ccc(NC(=O)N(CCNC(=O)C(Cl)Cl)c2ccccc2)cc1. The Bertz CT molecular complexity index is 706. The average Bonchev–Trinajstić information content (AvgIpc) is 2.61. The van der Waals surface area contributed by atoms with Crippen LogP contribution >= 0.6 is 23.2 Å². The molecule has 132 valence electrons. The van der Waals surface area contributed by atoms with Crippen LogP contribution < -0.4 is 15.5 Å². The van der Waals surface area contributed by atoms with Gasteiger partial charge >= 0.3 is 6.03 Å². The highest BCUT2D eigenvalue weighted by Crippen LogP contribution is 2.16. The third-order valence-electron chi connectivity index (χ3n) is 3.45. The summed E-state index contributed by atoms with van der Waals surface area (Å²) in [5, 5.41) is 5.43. The number of nitrogens with one attached hydrogen (secondary N) is 2. The zero-order chi connectivity index (χ0) is 18.2. The van der Waals surface area contributed by atoms with Crippen molar-refractivity contribution >= 4 is 46.5 Å². The molecule has 0 unspecified atom stereocenters. The van der Waals surface area contributed by atoms with E-state index in [0.29, 0.717) is 5.69 Å². The molecule has 7 heteroatoms. The summed E-state index contributed by atoms with van der Waals surface area (Å²) in [6, 6.07) is 16.4. The highest BCUT2D eigenvalue weighted by molar-refractivity contribution is 6.53. The van der Waals surface area contributed by atoms with Crippen LogP contribution in [0.3, 0.4) is 0 Å². The second kappa shape index (κ2) is 9.30. The molecule has 0 fully saturated rings. The first kappa shape index (κ1) is 19.1. The number of carbonyl (C=O) groups is 2. The molecule has 0 saturated heterocycles. The third kappa shape index (κ3) is 5.96. The van der Waals surface area contributed by atoms with Crippen LogP contribution in [0.4, 0.5) is 16.2 Å². The second-order valence-corrected chi connectivity index (χ2v) is 6.47. The van der Waals surface area contributed by atoms with Gasteiger partial charge in [0.2, 0.25) is 0 Å². The van der Waals surface area contributed by atoms with Crippen LogP contribution in [0.25, 0.3) is 0 Å². The number of carbonyl (C=O) groups excluding carboxylic acids is 2. The standard InChI is InChI=1S/C18H19Cl2N3O2/c1-13-7-9-14(10-8-13)22-18(25)23(15-5-3-2-4-6-15)12-11-21-17(24)16(19)20/h2-10,16H,11-12H2,1H3,(H,21,24)(H,22,25). The van der Waals surface area contributed by atoms with Gasteiger partial charge in [-0.05, 0) is 31.2 Å². The van der Waals surface area contributed by atoms with Gasteiger partial charge < -0.3 is 10.6 Å². The van der Waals surface area contributed by atoms with E-state index in [9.17, 15) is 9.59 Å². The van der Waals surface area contributed by atoms with Crippen molar-refractivity contribution in [2.45, 2.75) is 11.8 Å². The summed E-state index contributed by atoms with van der Waals surface area (Å²) in [7, 11) is 0. The number of rotatable bonds is 6. The van der Waals surface area contributed by atoms with Crippen molar-refractivity contribution in [1.29, 1.82) is 0 Å². The molecule has 2 aromatic rings. The van der Waals surface area contributed by atoms with Crippen molar-refractivity contribution in [1.82, 2.24) is 5.32 Å². The molecule has 2 rings (SSSR count). The van der Waals surface area contributed by atoms with Gasteiger partial charge in [0.15, 0.2) is 4.84 Å². The van der Waals surface area contributed by atoms with Gasteiger partial charge in [-0.2, -0.15) is 0 Å². The first-order chi connectivity index (χ1) is 12.0. The highest BCUT2D eigenvalue weighted by Gasteiger charge is 2.17. The van der Waals surface area contributed by atoms with E-state index in [1.165, 1.54) is 4.90 Å². The van der Waals surface area contributed by atoms with Gasteiger partial charge in [-0.1, -0.05) is 59.1 Å². The normalized spacial score (nSPS) is 10.4. The fraction of sp³-hybridized carbons (Fsp3) is 0.222. The molecule has 2 N–H and O–H groups in total. The molecule has 0 aliphatic heterocycles. The first-order valence-corrected chi connectivity index (χ1v) is 8.61.